The Hall–Kier alpha value is 0.580. The summed E-state index contributed by atoms with van der Waals surface area (Å²) in [7, 11) is 0. The van der Waals surface area contributed by atoms with E-state index in [0.717, 1.165) is 13.6 Å². The molecule has 1 aromatic carbocycles. The molecule has 1 rings (SSSR count). The van der Waals surface area contributed by atoms with Gasteiger partial charge in [0.1, 0.15) is 0 Å². The zero-order chi connectivity index (χ0) is 10.0. The minimum atomic E-state index is -0.137. The minimum absolute atomic E-state index is 0.102. The molecule has 13 heavy (non-hydrogen) atoms. The van der Waals surface area contributed by atoms with Crippen molar-refractivity contribution in [1.29, 1.82) is 0 Å². The van der Waals surface area contributed by atoms with Gasteiger partial charge in [0.05, 0.1) is 4.83 Å². The zero-order valence-corrected chi connectivity index (χ0v) is 12.2. The third-order valence-electron chi connectivity index (χ3n) is 1.58. The predicted octanol–water partition coefficient (Wildman–Crippen LogP) is 4.02. The molecule has 0 fully saturated rings. The summed E-state index contributed by atoms with van der Waals surface area (Å²) in [4.78, 5) is 11.5. The molecule has 1 unspecified atom stereocenters. The Morgan fingerprint density at radius 1 is 1.54 bits per heavy atom. The fourth-order valence-corrected chi connectivity index (χ4v) is 2.11. The van der Waals surface area contributed by atoms with E-state index in [-0.39, 0.29) is 10.6 Å². The first-order chi connectivity index (χ1) is 6.04. The lowest BCUT2D eigenvalue weighted by Crippen LogP contribution is -2.10. The summed E-state index contributed by atoms with van der Waals surface area (Å²) < 4.78 is 1.93. The van der Waals surface area contributed by atoms with Crippen molar-refractivity contribution in [2.24, 2.45) is 0 Å². The van der Waals surface area contributed by atoms with Gasteiger partial charge in [-0.15, -0.1) is 0 Å². The number of Topliss-reactive ketones (excluding diaryl/α,β-unsaturated/α-hetero) is 1. The van der Waals surface area contributed by atoms with Crippen LogP contribution in [0, 0.1) is 3.57 Å². The van der Waals surface area contributed by atoms with Crippen molar-refractivity contribution in [3.8, 4) is 0 Å². The Kier molecular flexibility index (Phi) is 4.38. The maximum atomic E-state index is 11.6. The summed E-state index contributed by atoms with van der Waals surface area (Å²) in [6.45, 7) is 1.83. The van der Waals surface area contributed by atoms with Crippen molar-refractivity contribution in [2.75, 3.05) is 0 Å². The number of alkyl halides is 1. The highest BCUT2D eigenvalue weighted by Crippen LogP contribution is 2.25. The number of benzene rings is 1. The van der Waals surface area contributed by atoms with E-state index in [1.54, 1.807) is 0 Å². The Labute approximate surface area is 108 Å². The lowest BCUT2D eigenvalue weighted by molar-refractivity contribution is 0.0995. The smallest absolute Gasteiger partial charge is 0.177 e. The maximum absolute atomic E-state index is 11.6. The van der Waals surface area contributed by atoms with Crippen LogP contribution in [-0.2, 0) is 0 Å². The third-order valence-corrected chi connectivity index (χ3v) is 4.49. The van der Waals surface area contributed by atoms with Crippen LogP contribution in [0.5, 0.6) is 0 Å². The van der Waals surface area contributed by atoms with Gasteiger partial charge in [-0.25, -0.2) is 0 Å². The maximum Gasteiger partial charge on any atom is 0.177 e. The topological polar surface area (TPSA) is 17.1 Å². The second kappa shape index (κ2) is 4.89. The molecule has 0 saturated carbocycles. The second-order valence-corrected chi connectivity index (χ2v) is 5.91. The highest BCUT2D eigenvalue weighted by molar-refractivity contribution is 14.1. The minimum Gasteiger partial charge on any atom is -0.293 e. The van der Waals surface area contributed by atoms with E-state index in [9.17, 15) is 4.79 Å². The van der Waals surface area contributed by atoms with Gasteiger partial charge in [0.15, 0.2) is 5.78 Å². The predicted molar refractivity (Wildman–Crippen MR) is 69.6 cm³/mol. The molecule has 1 atom stereocenters. The molecule has 70 valence electrons. The van der Waals surface area contributed by atoms with Crippen LogP contribution in [0.4, 0.5) is 0 Å². The van der Waals surface area contributed by atoms with Gasteiger partial charge in [-0.1, -0.05) is 28.1 Å². The lowest BCUT2D eigenvalue weighted by Gasteiger charge is -2.06. The van der Waals surface area contributed by atoms with E-state index >= 15 is 0 Å². The molecule has 0 heterocycles. The van der Waals surface area contributed by atoms with Gasteiger partial charge in [-0.2, -0.15) is 0 Å². The molecule has 4 heteroatoms. The van der Waals surface area contributed by atoms with Gasteiger partial charge in [-0.05, 0) is 51.5 Å². The van der Waals surface area contributed by atoms with E-state index in [1.165, 1.54) is 0 Å². The molecule has 0 aliphatic rings. The van der Waals surface area contributed by atoms with Gasteiger partial charge in [0.25, 0.3) is 0 Å². The zero-order valence-electron chi connectivity index (χ0n) is 6.85. The van der Waals surface area contributed by atoms with Crippen LogP contribution in [0.15, 0.2) is 22.7 Å². The summed E-state index contributed by atoms with van der Waals surface area (Å²) in [5.41, 5.74) is 0.733. The molecule has 0 amide bonds. The number of halogens is 3. The lowest BCUT2D eigenvalue weighted by atomic mass is 10.1. The molecule has 1 aromatic rings. The summed E-state index contributed by atoms with van der Waals surface area (Å²) in [5, 5.41) is 0. The van der Waals surface area contributed by atoms with E-state index in [2.05, 4.69) is 54.5 Å². The SMILES string of the molecule is CC(Br)C(=O)c1cccc(I)c1Br. The van der Waals surface area contributed by atoms with Gasteiger partial charge in [0.2, 0.25) is 0 Å². The van der Waals surface area contributed by atoms with Gasteiger partial charge in [0, 0.05) is 13.6 Å². The highest BCUT2D eigenvalue weighted by atomic mass is 127. The van der Waals surface area contributed by atoms with Crippen LogP contribution < -0.4 is 0 Å². The van der Waals surface area contributed by atoms with Crippen LogP contribution in [0.25, 0.3) is 0 Å². The molecule has 0 aliphatic heterocycles. The largest absolute Gasteiger partial charge is 0.293 e. The first kappa shape index (κ1) is 11.7. The van der Waals surface area contributed by atoms with E-state index < -0.39 is 0 Å². The van der Waals surface area contributed by atoms with Gasteiger partial charge < -0.3 is 0 Å². The van der Waals surface area contributed by atoms with E-state index in [0.29, 0.717) is 0 Å². The molecule has 0 aromatic heterocycles. The number of carbonyl (C=O) groups excluding carboxylic acids is 1. The number of hydrogen-bond donors (Lipinski definition) is 0. The van der Waals surface area contributed by atoms with Gasteiger partial charge in [-0.3, -0.25) is 4.79 Å². The molecule has 0 spiro atoms. The Morgan fingerprint density at radius 2 is 2.15 bits per heavy atom. The molecular formula is C9H7Br2IO. The summed E-state index contributed by atoms with van der Waals surface area (Å²) in [5.74, 6) is 0.102. The van der Waals surface area contributed by atoms with Crippen LogP contribution in [-0.4, -0.2) is 10.6 Å². The molecule has 0 aliphatic carbocycles. The first-order valence-electron chi connectivity index (χ1n) is 3.66. The quantitative estimate of drug-likeness (QED) is 0.403. The molecule has 0 bridgehead atoms. The fourth-order valence-electron chi connectivity index (χ4n) is 0.908. The van der Waals surface area contributed by atoms with Crippen LogP contribution >= 0.6 is 54.5 Å². The molecule has 0 N–H and O–H groups in total. The monoisotopic (exact) mass is 416 g/mol. The Balaban J connectivity index is 3.15. The van der Waals surface area contributed by atoms with Crippen molar-refractivity contribution in [3.05, 3.63) is 31.8 Å². The van der Waals surface area contributed by atoms with Crippen molar-refractivity contribution in [2.45, 2.75) is 11.8 Å². The standard InChI is InChI=1S/C9H7Br2IO/c1-5(10)9(13)6-3-2-4-7(12)8(6)11/h2-5H,1H3. The number of ketones is 1. The fraction of sp³-hybridized carbons (Fsp3) is 0.222. The van der Waals surface area contributed by atoms with Crippen molar-refractivity contribution in [3.63, 3.8) is 0 Å². The summed E-state index contributed by atoms with van der Waals surface area (Å²) in [6, 6.07) is 5.67. The van der Waals surface area contributed by atoms with Crippen molar-refractivity contribution >= 4 is 60.2 Å². The van der Waals surface area contributed by atoms with Crippen molar-refractivity contribution in [1.82, 2.24) is 0 Å². The second-order valence-electron chi connectivity index (χ2n) is 2.58. The number of carbonyl (C=O) groups is 1. The summed E-state index contributed by atoms with van der Waals surface area (Å²) in [6.07, 6.45) is 0. The van der Waals surface area contributed by atoms with E-state index in [1.807, 2.05) is 25.1 Å². The molecule has 0 saturated heterocycles. The number of rotatable bonds is 2. The average molecular weight is 418 g/mol. The Morgan fingerprint density at radius 3 is 2.69 bits per heavy atom. The molecule has 1 nitrogen and oxygen atoms in total. The average Bonchev–Trinajstić information content (AvgIpc) is 2.08. The first-order valence-corrected chi connectivity index (χ1v) is 6.45. The third kappa shape index (κ3) is 2.76. The van der Waals surface area contributed by atoms with E-state index in [4.69, 9.17) is 0 Å². The normalized spacial score (nSPS) is 12.6. The van der Waals surface area contributed by atoms with Gasteiger partial charge >= 0.3 is 0 Å². The van der Waals surface area contributed by atoms with Crippen LogP contribution in [0.3, 0.4) is 0 Å². The van der Waals surface area contributed by atoms with Crippen LogP contribution in [0.2, 0.25) is 0 Å². The molecular weight excluding hydrogens is 411 g/mol. The van der Waals surface area contributed by atoms with Crippen molar-refractivity contribution < 1.29 is 4.79 Å². The highest BCUT2D eigenvalue weighted by Gasteiger charge is 2.15. The van der Waals surface area contributed by atoms with Crippen LogP contribution in [0.1, 0.15) is 17.3 Å². The summed E-state index contributed by atoms with van der Waals surface area (Å²) >= 11 is 8.85. The Bertz CT molecular complexity index is 336. The number of hydrogen-bond acceptors (Lipinski definition) is 1. The molecule has 0 radical (unpaired) electrons.